The number of benzene rings is 2. The Bertz CT molecular complexity index is 1200. The molecule has 0 saturated carbocycles. The number of rotatable bonds is 3. The Balaban J connectivity index is 1.75. The van der Waals surface area contributed by atoms with Crippen molar-refractivity contribution in [1.82, 2.24) is 14.6 Å². The maximum Gasteiger partial charge on any atom is 0.259 e. The van der Waals surface area contributed by atoms with Gasteiger partial charge in [-0.2, -0.15) is 5.10 Å². The standard InChI is InChI=1S/C22H19ClN4O/c1-13-11-17(23)9-10-19(13)25-22(28)18-12-24-21-20(16-7-5-4-6-8-16)14(2)26-27(21)15(18)3/h4-12H,1-3H3,(H,25,28). The number of nitrogens with zero attached hydrogens (tertiary/aromatic N) is 3. The Hall–Kier alpha value is -3.18. The van der Waals surface area contributed by atoms with Crippen molar-refractivity contribution in [3.8, 4) is 11.1 Å². The molecule has 6 heteroatoms. The molecule has 0 aliphatic heterocycles. The number of carbonyl (C=O) groups excluding carboxylic acids is 1. The molecule has 1 N–H and O–H groups in total. The van der Waals surface area contributed by atoms with Crippen LogP contribution in [0, 0.1) is 20.8 Å². The third-order valence-corrected chi connectivity index (χ3v) is 5.04. The fraction of sp³-hybridized carbons (Fsp3) is 0.136. The molecule has 2 heterocycles. The molecule has 28 heavy (non-hydrogen) atoms. The number of aryl methyl sites for hydroxylation is 3. The SMILES string of the molecule is Cc1cc(Cl)ccc1NC(=O)c1cnc2c(-c3ccccc3)c(C)nn2c1C. The van der Waals surface area contributed by atoms with Crippen LogP contribution in [0.25, 0.3) is 16.8 Å². The number of nitrogens with one attached hydrogen (secondary N) is 1. The summed E-state index contributed by atoms with van der Waals surface area (Å²) in [7, 11) is 0. The normalized spacial score (nSPS) is 11.0. The molecule has 0 atom stereocenters. The molecule has 2 aromatic carbocycles. The van der Waals surface area contributed by atoms with Gasteiger partial charge in [-0.1, -0.05) is 41.9 Å². The molecular weight excluding hydrogens is 372 g/mol. The number of hydrogen-bond donors (Lipinski definition) is 1. The predicted molar refractivity (Wildman–Crippen MR) is 112 cm³/mol. The smallest absolute Gasteiger partial charge is 0.259 e. The number of fused-ring (bicyclic) bond motifs is 1. The van der Waals surface area contributed by atoms with Gasteiger partial charge in [0.25, 0.3) is 5.91 Å². The van der Waals surface area contributed by atoms with Crippen LogP contribution >= 0.6 is 11.6 Å². The average Bonchev–Trinajstić information content (AvgIpc) is 3.02. The van der Waals surface area contributed by atoms with Gasteiger partial charge in [-0.15, -0.1) is 0 Å². The molecule has 4 rings (SSSR count). The summed E-state index contributed by atoms with van der Waals surface area (Å²) in [5.74, 6) is -0.230. The van der Waals surface area contributed by atoms with Gasteiger partial charge < -0.3 is 5.32 Å². The first-order valence-corrected chi connectivity index (χ1v) is 9.31. The van der Waals surface area contributed by atoms with E-state index in [0.29, 0.717) is 10.6 Å². The molecule has 5 nitrogen and oxygen atoms in total. The third-order valence-electron chi connectivity index (χ3n) is 4.80. The Morgan fingerprint density at radius 2 is 1.82 bits per heavy atom. The monoisotopic (exact) mass is 390 g/mol. The van der Waals surface area contributed by atoms with Gasteiger partial charge in [0.1, 0.15) is 0 Å². The van der Waals surface area contributed by atoms with E-state index in [1.165, 1.54) is 0 Å². The summed E-state index contributed by atoms with van der Waals surface area (Å²) in [6.07, 6.45) is 1.61. The highest BCUT2D eigenvalue weighted by atomic mass is 35.5. The first-order chi connectivity index (χ1) is 13.5. The minimum atomic E-state index is -0.230. The first kappa shape index (κ1) is 18.2. The van der Waals surface area contributed by atoms with Crippen LogP contribution in [0.15, 0.2) is 54.7 Å². The minimum Gasteiger partial charge on any atom is -0.322 e. The molecule has 2 aromatic heterocycles. The van der Waals surface area contributed by atoms with Crippen molar-refractivity contribution in [1.29, 1.82) is 0 Å². The number of anilines is 1. The van der Waals surface area contributed by atoms with E-state index in [2.05, 4.69) is 15.4 Å². The van der Waals surface area contributed by atoms with E-state index in [9.17, 15) is 4.79 Å². The second-order valence-corrected chi connectivity index (χ2v) is 7.17. The van der Waals surface area contributed by atoms with Crippen molar-refractivity contribution < 1.29 is 4.79 Å². The number of aromatic nitrogens is 3. The lowest BCUT2D eigenvalue weighted by Gasteiger charge is -2.11. The molecule has 0 aliphatic rings. The topological polar surface area (TPSA) is 59.3 Å². The van der Waals surface area contributed by atoms with Crippen molar-refractivity contribution in [2.24, 2.45) is 0 Å². The molecule has 0 radical (unpaired) electrons. The fourth-order valence-electron chi connectivity index (χ4n) is 3.32. The van der Waals surface area contributed by atoms with Gasteiger partial charge in [-0.3, -0.25) is 4.79 Å². The second kappa shape index (κ2) is 7.09. The minimum absolute atomic E-state index is 0.230. The van der Waals surface area contributed by atoms with Crippen LogP contribution in [0.3, 0.4) is 0 Å². The predicted octanol–water partition coefficient (Wildman–Crippen LogP) is 5.23. The van der Waals surface area contributed by atoms with E-state index in [4.69, 9.17) is 11.6 Å². The molecule has 0 bridgehead atoms. The van der Waals surface area contributed by atoms with Crippen LogP contribution in [0.5, 0.6) is 0 Å². The van der Waals surface area contributed by atoms with E-state index in [1.807, 2.05) is 57.2 Å². The Kier molecular flexibility index (Phi) is 4.61. The summed E-state index contributed by atoms with van der Waals surface area (Å²) in [6.45, 7) is 5.73. The highest BCUT2D eigenvalue weighted by Crippen LogP contribution is 2.28. The van der Waals surface area contributed by atoms with Gasteiger partial charge >= 0.3 is 0 Å². The van der Waals surface area contributed by atoms with E-state index < -0.39 is 0 Å². The zero-order valence-corrected chi connectivity index (χ0v) is 16.6. The quantitative estimate of drug-likeness (QED) is 0.521. The van der Waals surface area contributed by atoms with Crippen LogP contribution in [0.1, 0.15) is 27.3 Å². The summed E-state index contributed by atoms with van der Waals surface area (Å²) >= 11 is 5.99. The maximum absolute atomic E-state index is 12.9. The largest absolute Gasteiger partial charge is 0.322 e. The third kappa shape index (κ3) is 3.14. The van der Waals surface area contributed by atoms with Crippen LogP contribution in [0.4, 0.5) is 5.69 Å². The lowest BCUT2D eigenvalue weighted by Crippen LogP contribution is -2.16. The first-order valence-electron chi connectivity index (χ1n) is 8.93. The lowest BCUT2D eigenvalue weighted by atomic mass is 10.1. The fourth-order valence-corrected chi connectivity index (χ4v) is 3.55. The average molecular weight is 391 g/mol. The summed E-state index contributed by atoms with van der Waals surface area (Å²) in [6, 6.07) is 15.4. The highest BCUT2D eigenvalue weighted by molar-refractivity contribution is 6.30. The maximum atomic E-state index is 12.9. The van der Waals surface area contributed by atoms with Crippen molar-refractivity contribution >= 4 is 28.8 Å². The number of hydrogen-bond acceptors (Lipinski definition) is 3. The van der Waals surface area contributed by atoms with Gasteiger partial charge in [0.2, 0.25) is 0 Å². The van der Waals surface area contributed by atoms with Crippen LogP contribution in [-0.2, 0) is 0 Å². The van der Waals surface area contributed by atoms with Crippen LogP contribution in [0.2, 0.25) is 5.02 Å². The molecule has 0 spiro atoms. The molecule has 140 valence electrons. The van der Waals surface area contributed by atoms with Gasteiger partial charge in [0.05, 0.1) is 17.0 Å². The van der Waals surface area contributed by atoms with Crippen molar-refractivity contribution in [2.75, 3.05) is 5.32 Å². The molecule has 0 aliphatic carbocycles. The van der Waals surface area contributed by atoms with Gasteiger partial charge in [0.15, 0.2) is 5.65 Å². The van der Waals surface area contributed by atoms with E-state index in [-0.39, 0.29) is 5.91 Å². The van der Waals surface area contributed by atoms with Crippen molar-refractivity contribution in [3.05, 3.63) is 82.3 Å². The molecule has 1 amide bonds. The Morgan fingerprint density at radius 3 is 2.54 bits per heavy atom. The lowest BCUT2D eigenvalue weighted by molar-refractivity contribution is 0.102. The zero-order valence-electron chi connectivity index (χ0n) is 15.8. The van der Waals surface area contributed by atoms with Crippen LogP contribution < -0.4 is 5.32 Å². The number of amides is 1. The van der Waals surface area contributed by atoms with E-state index >= 15 is 0 Å². The number of carbonyl (C=O) groups is 1. The Morgan fingerprint density at radius 1 is 1.07 bits per heavy atom. The summed E-state index contributed by atoms with van der Waals surface area (Å²) < 4.78 is 1.74. The summed E-state index contributed by atoms with van der Waals surface area (Å²) in [5, 5.41) is 8.19. The molecule has 0 unspecified atom stereocenters. The zero-order chi connectivity index (χ0) is 19.8. The van der Waals surface area contributed by atoms with Crippen molar-refractivity contribution in [2.45, 2.75) is 20.8 Å². The van der Waals surface area contributed by atoms with E-state index in [1.54, 1.807) is 22.8 Å². The summed E-state index contributed by atoms with van der Waals surface area (Å²) in [5.41, 5.74) is 6.46. The molecule has 4 aromatic rings. The van der Waals surface area contributed by atoms with Crippen molar-refractivity contribution in [3.63, 3.8) is 0 Å². The molecule has 0 fully saturated rings. The van der Waals surface area contributed by atoms with Gasteiger partial charge in [-0.05, 0) is 50.1 Å². The Labute approximate surface area is 168 Å². The van der Waals surface area contributed by atoms with Gasteiger partial charge in [-0.25, -0.2) is 9.50 Å². The summed E-state index contributed by atoms with van der Waals surface area (Å²) in [4.78, 5) is 17.4. The highest BCUT2D eigenvalue weighted by Gasteiger charge is 2.19. The van der Waals surface area contributed by atoms with Gasteiger partial charge in [0, 0.05) is 22.5 Å². The number of halogens is 1. The molecule has 0 saturated heterocycles. The van der Waals surface area contributed by atoms with E-state index in [0.717, 1.165) is 39.4 Å². The molecular formula is C22H19ClN4O. The second-order valence-electron chi connectivity index (χ2n) is 6.73. The van der Waals surface area contributed by atoms with Crippen LogP contribution in [-0.4, -0.2) is 20.5 Å².